The minimum absolute atomic E-state index is 0.0138. The molecule has 1 aliphatic rings. The van der Waals surface area contributed by atoms with E-state index in [0.717, 1.165) is 16.7 Å². The highest BCUT2D eigenvalue weighted by atomic mass is 35.5. The van der Waals surface area contributed by atoms with E-state index in [-0.39, 0.29) is 24.1 Å². The summed E-state index contributed by atoms with van der Waals surface area (Å²) in [6.07, 6.45) is 1.29. The average molecular weight is 414 g/mol. The first-order chi connectivity index (χ1) is 13.9. The Bertz CT molecular complexity index is 920. The van der Waals surface area contributed by atoms with Crippen molar-refractivity contribution in [1.82, 2.24) is 9.80 Å². The van der Waals surface area contributed by atoms with Crippen molar-refractivity contribution in [1.29, 1.82) is 0 Å². The van der Waals surface area contributed by atoms with Gasteiger partial charge in [0.2, 0.25) is 11.8 Å². The molecule has 0 saturated carbocycles. The van der Waals surface area contributed by atoms with Crippen molar-refractivity contribution in [2.45, 2.75) is 6.92 Å². The van der Waals surface area contributed by atoms with E-state index in [9.17, 15) is 14.7 Å². The van der Waals surface area contributed by atoms with Gasteiger partial charge in [0.25, 0.3) is 0 Å². The largest absolute Gasteiger partial charge is 0.506 e. The summed E-state index contributed by atoms with van der Waals surface area (Å²) in [4.78, 5) is 27.5. The molecule has 0 unspecified atom stereocenters. The molecule has 0 aromatic heterocycles. The van der Waals surface area contributed by atoms with Gasteiger partial charge in [-0.3, -0.25) is 9.59 Å². The molecule has 0 spiro atoms. The highest BCUT2D eigenvalue weighted by Crippen LogP contribution is 2.36. The van der Waals surface area contributed by atoms with E-state index in [2.05, 4.69) is 11.9 Å². The first-order valence-electron chi connectivity index (χ1n) is 9.41. The van der Waals surface area contributed by atoms with Gasteiger partial charge in [0.05, 0.1) is 17.3 Å². The number of aromatic hydroxyl groups is 1. The number of hydrogen-bond acceptors (Lipinski definition) is 4. The molecule has 0 radical (unpaired) electrons. The predicted octanol–water partition coefficient (Wildman–Crippen LogP) is 3.29. The number of phenolic OH excluding ortho intramolecular Hbond substituents is 1. The zero-order valence-electron chi connectivity index (χ0n) is 16.3. The summed E-state index contributed by atoms with van der Waals surface area (Å²) in [6.45, 7) is 7.45. The number of halogens is 1. The second kappa shape index (κ2) is 9.01. The Kier molecular flexibility index (Phi) is 6.44. The van der Waals surface area contributed by atoms with Crippen molar-refractivity contribution in [3.05, 3.63) is 59.6 Å². The summed E-state index contributed by atoms with van der Waals surface area (Å²) in [5, 5.41) is 13.7. The van der Waals surface area contributed by atoms with Crippen LogP contribution in [0.3, 0.4) is 0 Å². The summed E-state index contributed by atoms with van der Waals surface area (Å²) in [6, 6.07) is 11.1. The van der Waals surface area contributed by atoms with Crippen molar-refractivity contribution in [2.75, 3.05) is 38.0 Å². The summed E-state index contributed by atoms with van der Waals surface area (Å²) in [5.41, 5.74) is 3.29. The summed E-state index contributed by atoms with van der Waals surface area (Å²) >= 11 is 6.31. The molecule has 0 bridgehead atoms. The van der Waals surface area contributed by atoms with Crippen LogP contribution in [0.1, 0.15) is 5.56 Å². The van der Waals surface area contributed by atoms with E-state index in [4.69, 9.17) is 11.6 Å². The molecular weight excluding hydrogens is 390 g/mol. The van der Waals surface area contributed by atoms with Crippen LogP contribution < -0.4 is 5.32 Å². The van der Waals surface area contributed by atoms with Crippen LogP contribution >= 0.6 is 11.6 Å². The molecule has 2 N–H and O–H groups in total. The van der Waals surface area contributed by atoms with Crippen molar-refractivity contribution in [2.24, 2.45) is 0 Å². The second-order valence-corrected chi connectivity index (χ2v) is 7.39. The molecule has 1 heterocycles. The molecule has 0 atom stereocenters. The number of anilines is 1. The van der Waals surface area contributed by atoms with Crippen LogP contribution in [0.15, 0.2) is 49.1 Å². The second-order valence-electron chi connectivity index (χ2n) is 6.98. The first-order valence-corrected chi connectivity index (χ1v) is 9.79. The highest BCUT2D eigenvalue weighted by molar-refractivity contribution is 6.33. The third-order valence-corrected chi connectivity index (χ3v) is 5.31. The van der Waals surface area contributed by atoms with E-state index < -0.39 is 0 Å². The molecular formula is C22H24ClN3O3. The fourth-order valence-corrected chi connectivity index (χ4v) is 3.51. The van der Waals surface area contributed by atoms with Crippen molar-refractivity contribution >= 4 is 29.1 Å². The first kappa shape index (κ1) is 20.7. The molecule has 2 aromatic carbocycles. The SMILES string of the molecule is C=CC(=O)N1CCN(C(=O)CNc2cc(-c3ccc(C)cc3)c(Cl)cc2O)CC1. The molecule has 1 fully saturated rings. The molecule has 0 aliphatic carbocycles. The van der Waals surface area contributed by atoms with Crippen molar-refractivity contribution in [3.63, 3.8) is 0 Å². The van der Waals surface area contributed by atoms with Crippen LogP contribution in [0, 0.1) is 6.92 Å². The number of aryl methyl sites for hydroxylation is 1. The number of benzene rings is 2. The monoisotopic (exact) mass is 413 g/mol. The van der Waals surface area contributed by atoms with Gasteiger partial charge in [-0.2, -0.15) is 0 Å². The fraction of sp³-hybridized carbons (Fsp3) is 0.273. The maximum absolute atomic E-state index is 12.5. The predicted molar refractivity (Wildman–Crippen MR) is 115 cm³/mol. The van der Waals surface area contributed by atoms with Gasteiger partial charge in [0.15, 0.2) is 0 Å². The van der Waals surface area contributed by atoms with Gasteiger partial charge < -0.3 is 20.2 Å². The minimum Gasteiger partial charge on any atom is -0.506 e. The molecule has 29 heavy (non-hydrogen) atoms. The molecule has 1 saturated heterocycles. The molecule has 2 amide bonds. The van der Waals surface area contributed by atoms with Gasteiger partial charge >= 0.3 is 0 Å². The number of hydrogen-bond donors (Lipinski definition) is 2. The number of piperazine rings is 1. The topological polar surface area (TPSA) is 72.9 Å². The van der Waals surface area contributed by atoms with Crippen LogP contribution in [0.4, 0.5) is 5.69 Å². The van der Waals surface area contributed by atoms with Crippen LogP contribution in [0.5, 0.6) is 5.75 Å². The molecule has 152 valence electrons. The van der Waals surface area contributed by atoms with E-state index in [1.807, 2.05) is 31.2 Å². The Morgan fingerprint density at radius 3 is 2.38 bits per heavy atom. The van der Waals surface area contributed by atoms with Gasteiger partial charge in [-0.25, -0.2) is 0 Å². The Morgan fingerprint density at radius 2 is 1.76 bits per heavy atom. The Hall–Kier alpha value is -2.99. The molecule has 3 rings (SSSR count). The third kappa shape index (κ3) is 4.90. The zero-order chi connectivity index (χ0) is 21.0. The summed E-state index contributed by atoms with van der Waals surface area (Å²) < 4.78 is 0. The van der Waals surface area contributed by atoms with Crippen molar-refractivity contribution < 1.29 is 14.7 Å². The van der Waals surface area contributed by atoms with Gasteiger partial charge in [0.1, 0.15) is 5.75 Å². The minimum atomic E-state index is -0.120. The van der Waals surface area contributed by atoms with Gasteiger partial charge in [-0.15, -0.1) is 0 Å². The van der Waals surface area contributed by atoms with Gasteiger partial charge in [-0.05, 0) is 24.6 Å². The number of nitrogens with one attached hydrogen (secondary N) is 1. The van der Waals surface area contributed by atoms with Gasteiger partial charge in [0, 0.05) is 37.8 Å². The van der Waals surface area contributed by atoms with E-state index in [1.165, 1.54) is 12.1 Å². The number of rotatable bonds is 5. The number of amides is 2. The Labute approximate surface area is 175 Å². The number of carbonyl (C=O) groups is 2. The van der Waals surface area contributed by atoms with Crippen LogP contribution in [0.2, 0.25) is 5.02 Å². The number of nitrogens with zero attached hydrogens (tertiary/aromatic N) is 2. The Balaban J connectivity index is 1.65. The van der Waals surface area contributed by atoms with Crippen LogP contribution in [-0.4, -0.2) is 59.4 Å². The zero-order valence-corrected chi connectivity index (χ0v) is 17.1. The van der Waals surface area contributed by atoms with Gasteiger partial charge in [-0.1, -0.05) is 48.0 Å². The van der Waals surface area contributed by atoms with E-state index in [1.54, 1.807) is 15.9 Å². The standard InChI is InChI=1S/C22H24ClN3O3/c1-3-21(28)25-8-10-26(11-9-25)22(29)14-24-19-12-17(18(23)13-20(19)27)16-6-4-15(2)5-7-16/h3-7,12-13,24,27H,1,8-11,14H2,2H3. The fourth-order valence-electron chi connectivity index (χ4n) is 3.25. The summed E-state index contributed by atoms with van der Waals surface area (Å²) in [7, 11) is 0. The highest BCUT2D eigenvalue weighted by Gasteiger charge is 2.23. The molecule has 7 heteroatoms. The lowest BCUT2D eigenvalue weighted by Gasteiger charge is -2.34. The van der Waals surface area contributed by atoms with Crippen molar-refractivity contribution in [3.8, 4) is 16.9 Å². The molecule has 1 aliphatic heterocycles. The van der Waals surface area contributed by atoms with E-state index >= 15 is 0 Å². The average Bonchev–Trinajstić information content (AvgIpc) is 2.73. The number of carbonyl (C=O) groups excluding carboxylic acids is 2. The normalized spacial score (nSPS) is 13.9. The number of phenols is 1. The lowest BCUT2D eigenvalue weighted by molar-refractivity contribution is -0.135. The maximum Gasteiger partial charge on any atom is 0.246 e. The van der Waals surface area contributed by atoms with Crippen LogP contribution in [-0.2, 0) is 9.59 Å². The quantitative estimate of drug-likeness (QED) is 0.582. The lowest BCUT2D eigenvalue weighted by Crippen LogP contribution is -2.51. The summed E-state index contributed by atoms with van der Waals surface area (Å²) in [5.74, 6) is -0.230. The maximum atomic E-state index is 12.5. The van der Waals surface area contributed by atoms with Crippen LogP contribution in [0.25, 0.3) is 11.1 Å². The van der Waals surface area contributed by atoms with E-state index in [0.29, 0.717) is 36.9 Å². The smallest absolute Gasteiger partial charge is 0.246 e. The lowest BCUT2D eigenvalue weighted by atomic mass is 10.0. The Morgan fingerprint density at radius 1 is 1.14 bits per heavy atom. The molecule has 2 aromatic rings. The molecule has 6 nitrogen and oxygen atoms in total. The third-order valence-electron chi connectivity index (χ3n) is 5.00.